The van der Waals surface area contributed by atoms with E-state index in [-0.39, 0.29) is 17.6 Å². The fourth-order valence-corrected chi connectivity index (χ4v) is 2.11. The number of nitrogens with zero attached hydrogens (tertiary/aromatic N) is 3. The molecule has 0 spiro atoms. The van der Waals surface area contributed by atoms with Crippen LogP contribution in [0.25, 0.3) is 0 Å². The van der Waals surface area contributed by atoms with Crippen molar-refractivity contribution in [3.63, 3.8) is 0 Å². The van der Waals surface area contributed by atoms with Crippen molar-refractivity contribution in [2.45, 2.75) is 19.0 Å². The Morgan fingerprint density at radius 2 is 2.23 bits per heavy atom. The Balaban J connectivity index is 1.89. The molecule has 0 aliphatic carbocycles. The molecule has 10 heteroatoms. The van der Waals surface area contributed by atoms with Crippen molar-refractivity contribution in [1.29, 1.82) is 0 Å². The Hall–Kier alpha value is -1.77. The van der Waals surface area contributed by atoms with E-state index in [1.54, 1.807) is 0 Å². The lowest BCUT2D eigenvalue weighted by Gasteiger charge is -2.26. The molecule has 1 aliphatic rings. The number of cyclic esters (lactones) is 1. The normalized spacial score (nSPS) is 15.6. The molecule has 1 aromatic rings. The third kappa shape index (κ3) is 4.36. The van der Waals surface area contributed by atoms with E-state index < -0.39 is 17.8 Å². The second-order valence-electron chi connectivity index (χ2n) is 4.63. The molecule has 122 valence electrons. The van der Waals surface area contributed by atoms with E-state index in [4.69, 9.17) is 16.3 Å². The van der Waals surface area contributed by atoms with Crippen molar-refractivity contribution in [3.8, 4) is 0 Å². The summed E-state index contributed by atoms with van der Waals surface area (Å²) in [4.78, 5) is 19.8. The van der Waals surface area contributed by atoms with Gasteiger partial charge in [-0.3, -0.25) is 0 Å². The molecule has 2 heterocycles. The third-order valence-corrected chi connectivity index (χ3v) is 3.20. The third-order valence-electron chi connectivity index (χ3n) is 3.02. The number of hydrogen-bond donors (Lipinski definition) is 1. The highest BCUT2D eigenvalue weighted by molar-refractivity contribution is 6.28. The lowest BCUT2D eigenvalue weighted by Crippen LogP contribution is -2.38. The van der Waals surface area contributed by atoms with Crippen LogP contribution in [0.4, 0.5) is 23.8 Å². The average Bonchev–Trinajstić information content (AvgIpc) is 2.44. The van der Waals surface area contributed by atoms with Gasteiger partial charge in [-0.15, -0.1) is 0 Å². The largest absolute Gasteiger partial charge is 0.449 e. The minimum absolute atomic E-state index is 0.209. The number of hydrogen-bond acceptors (Lipinski definition) is 5. The molecule has 1 aliphatic heterocycles. The number of halogens is 4. The zero-order chi connectivity index (χ0) is 16.2. The maximum absolute atomic E-state index is 12.8. The van der Waals surface area contributed by atoms with Gasteiger partial charge in [0.25, 0.3) is 0 Å². The second kappa shape index (κ2) is 6.99. The fourth-order valence-electron chi connectivity index (χ4n) is 1.98. The molecule has 22 heavy (non-hydrogen) atoms. The summed E-state index contributed by atoms with van der Waals surface area (Å²) in [5.41, 5.74) is -0.978. The van der Waals surface area contributed by atoms with Crippen molar-refractivity contribution >= 4 is 23.5 Å². The van der Waals surface area contributed by atoms with E-state index in [1.165, 1.54) is 4.90 Å². The summed E-state index contributed by atoms with van der Waals surface area (Å²) in [6.07, 6.45) is -3.12. The first-order valence-corrected chi connectivity index (χ1v) is 7.01. The number of anilines is 1. The number of nitrogens with one attached hydrogen (secondary N) is 1. The standard InChI is InChI=1S/C12H14ClF3N4O2/c13-10-18-7-8(12(14,15)16)9(19-10)17-3-1-4-20-5-2-6-22-11(20)21/h7H,1-6H2,(H,17,18,19). The van der Waals surface area contributed by atoms with Crippen LogP contribution in [0.2, 0.25) is 5.28 Å². The topological polar surface area (TPSA) is 67.3 Å². The highest BCUT2D eigenvalue weighted by Crippen LogP contribution is 2.33. The number of ether oxygens (including phenoxy) is 1. The first kappa shape index (κ1) is 16.6. The summed E-state index contributed by atoms with van der Waals surface area (Å²) < 4.78 is 43.3. The molecule has 2 rings (SSSR count). The van der Waals surface area contributed by atoms with Crippen LogP contribution in [0.5, 0.6) is 0 Å². The Kier molecular flexibility index (Phi) is 5.28. The number of alkyl halides is 3. The summed E-state index contributed by atoms with van der Waals surface area (Å²) in [5, 5.41) is 2.31. The Morgan fingerprint density at radius 1 is 1.45 bits per heavy atom. The smallest absolute Gasteiger partial charge is 0.421 e. The monoisotopic (exact) mass is 338 g/mol. The fraction of sp³-hybridized carbons (Fsp3) is 0.583. The van der Waals surface area contributed by atoms with Gasteiger partial charge in [-0.1, -0.05) is 0 Å². The highest BCUT2D eigenvalue weighted by atomic mass is 35.5. The maximum Gasteiger partial charge on any atom is 0.421 e. The van der Waals surface area contributed by atoms with Gasteiger partial charge in [0.2, 0.25) is 5.28 Å². The van der Waals surface area contributed by atoms with Crippen LogP contribution in [0, 0.1) is 0 Å². The highest BCUT2D eigenvalue weighted by Gasteiger charge is 2.35. The summed E-state index contributed by atoms with van der Waals surface area (Å²) in [7, 11) is 0. The van der Waals surface area contributed by atoms with Crippen LogP contribution in [0.15, 0.2) is 6.20 Å². The lowest BCUT2D eigenvalue weighted by atomic mass is 10.3. The van der Waals surface area contributed by atoms with E-state index in [0.29, 0.717) is 32.3 Å². The minimum atomic E-state index is -4.57. The van der Waals surface area contributed by atoms with Gasteiger partial charge in [0.05, 0.1) is 6.61 Å². The van der Waals surface area contributed by atoms with Crippen molar-refractivity contribution in [2.75, 3.05) is 31.6 Å². The van der Waals surface area contributed by atoms with Crippen molar-refractivity contribution in [1.82, 2.24) is 14.9 Å². The van der Waals surface area contributed by atoms with Gasteiger partial charge in [-0.2, -0.15) is 13.2 Å². The van der Waals surface area contributed by atoms with E-state index >= 15 is 0 Å². The van der Waals surface area contributed by atoms with Crippen LogP contribution in [-0.2, 0) is 10.9 Å². The van der Waals surface area contributed by atoms with E-state index in [1.807, 2.05) is 0 Å². The molecule has 0 atom stereocenters. The minimum Gasteiger partial charge on any atom is -0.449 e. The molecule has 0 saturated carbocycles. The first-order chi connectivity index (χ1) is 10.4. The lowest BCUT2D eigenvalue weighted by molar-refractivity contribution is -0.137. The average molecular weight is 339 g/mol. The zero-order valence-electron chi connectivity index (χ0n) is 11.5. The molecule has 0 radical (unpaired) electrons. The predicted molar refractivity (Wildman–Crippen MR) is 72.7 cm³/mol. The van der Waals surface area contributed by atoms with Crippen LogP contribution in [0.3, 0.4) is 0 Å². The number of carbonyl (C=O) groups is 1. The quantitative estimate of drug-likeness (QED) is 0.660. The molecule has 1 aromatic heterocycles. The number of amides is 1. The maximum atomic E-state index is 12.8. The van der Waals surface area contributed by atoms with Crippen molar-refractivity contribution in [2.24, 2.45) is 0 Å². The Bertz CT molecular complexity index is 542. The van der Waals surface area contributed by atoms with Gasteiger partial charge >= 0.3 is 12.3 Å². The van der Waals surface area contributed by atoms with E-state index in [9.17, 15) is 18.0 Å². The van der Waals surface area contributed by atoms with Gasteiger partial charge < -0.3 is 15.0 Å². The molecule has 1 saturated heterocycles. The Morgan fingerprint density at radius 3 is 2.91 bits per heavy atom. The SMILES string of the molecule is O=C1OCCCN1CCCNc1nc(Cl)ncc1C(F)(F)F. The van der Waals surface area contributed by atoms with Crippen molar-refractivity contribution in [3.05, 3.63) is 17.0 Å². The van der Waals surface area contributed by atoms with Crippen LogP contribution < -0.4 is 5.32 Å². The van der Waals surface area contributed by atoms with E-state index in [0.717, 1.165) is 6.42 Å². The van der Waals surface area contributed by atoms with Gasteiger partial charge in [0.15, 0.2) is 0 Å². The number of carbonyl (C=O) groups excluding carboxylic acids is 1. The molecule has 1 amide bonds. The molecule has 1 N–H and O–H groups in total. The van der Waals surface area contributed by atoms with Crippen molar-refractivity contribution < 1.29 is 22.7 Å². The molecule has 0 aromatic carbocycles. The van der Waals surface area contributed by atoms with Crippen LogP contribution >= 0.6 is 11.6 Å². The van der Waals surface area contributed by atoms with Gasteiger partial charge in [-0.25, -0.2) is 14.8 Å². The molecule has 0 unspecified atom stereocenters. The molecular weight excluding hydrogens is 325 g/mol. The summed E-state index contributed by atoms with van der Waals surface area (Å²) in [6.45, 7) is 1.60. The second-order valence-corrected chi connectivity index (χ2v) is 4.97. The summed E-state index contributed by atoms with van der Waals surface area (Å²) >= 11 is 5.52. The first-order valence-electron chi connectivity index (χ1n) is 6.63. The molecular formula is C12H14ClF3N4O2. The molecule has 6 nitrogen and oxygen atoms in total. The summed E-state index contributed by atoms with van der Waals surface area (Å²) in [5.74, 6) is -0.367. The molecule has 1 fully saturated rings. The van der Waals surface area contributed by atoms with Gasteiger partial charge in [-0.05, 0) is 24.4 Å². The van der Waals surface area contributed by atoms with Gasteiger partial charge in [0, 0.05) is 25.8 Å². The summed E-state index contributed by atoms with van der Waals surface area (Å²) in [6, 6.07) is 0. The van der Waals surface area contributed by atoms with Crippen LogP contribution in [0.1, 0.15) is 18.4 Å². The number of rotatable bonds is 5. The van der Waals surface area contributed by atoms with Crippen LogP contribution in [-0.4, -0.2) is 47.2 Å². The number of aromatic nitrogens is 2. The van der Waals surface area contributed by atoms with E-state index in [2.05, 4.69) is 15.3 Å². The molecule has 0 bridgehead atoms. The predicted octanol–water partition coefficient (Wildman–Crippen LogP) is 2.79. The van der Waals surface area contributed by atoms with Gasteiger partial charge in [0.1, 0.15) is 11.4 Å². The Labute approximate surface area is 129 Å². The zero-order valence-corrected chi connectivity index (χ0v) is 12.2.